The lowest BCUT2D eigenvalue weighted by Gasteiger charge is -2.23. The average molecular weight is 197 g/mol. The van der Waals surface area contributed by atoms with Crippen LogP contribution < -0.4 is 5.73 Å². The summed E-state index contributed by atoms with van der Waals surface area (Å²) in [5, 5.41) is 0. The summed E-state index contributed by atoms with van der Waals surface area (Å²) in [5.41, 5.74) is 5.94. The monoisotopic (exact) mass is 197 g/mol. The Morgan fingerprint density at radius 1 is 1.64 bits per heavy atom. The Kier molecular flexibility index (Phi) is 4.66. The summed E-state index contributed by atoms with van der Waals surface area (Å²) in [5.74, 6) is 0.277. The van der Waals surface area contributed by atoms with Gasteiger partial charge in [-0.25, -0.2) is 0 Å². The van der Waals surface area contributed by atoms with E-state index in [9.17, 15) is 4.79 Å². The molecule has 1 aliphatic carbocycles. The number of esters is 1. The van der Waals surface area contributed by atoms with E-state index in [4.69, 9.17) is 10.5 Å². The summed E-state index contributed by atoms with van der Waals surface area (Å²) in [7, 11) is 0. The van der Waals surface area contributed by atoms with Crippen LogP contribution in [0.3, 0.4) is 0 Å². The van der Waals surface area contributed by atoms with Crippen molar-refractivity contribution in [1.29, 1.82) is 0 Å². The number of carbonyl (C=O) groups excluding carboxylic acids is 1. The summed E-state index contributed by atoms with van der Waals surface area (Å²) in [4.78, 5) is 11.2. The molecule has 14 heavy (non-hydrogen) atoms. The summed E-state index contributed by atoms with van der Waals surface area (Å²) >= 11 is 0. The molecule has 0 bridgehead atoms. The summed E-state index contributed by atoms with van der Waals surface area (Å²) < 4.78 is 4.87. The minimum absolute atomic E-state index is 0.0426. The quantitative estimate of drug-likeness (QED) is 0.550. The maximum atomic E-state index is 11.2. The molecule has 0 aromatic heterocycles. The molecule has 0 saturated carbocycles. The molecule has 0 amide bonds. The first-order chi connectivity index (χ1) is 6.74. The third kappa shape index (κ3) is 3.50. The summed E-state index contributed by atoms with van der Waals surface area (Å²) in [6.45, 7) is 2.25. The Bertz CT molecular complexity index is 213. The normalized spacial score (nSPS) is 23.1. The maximum absolute atomic E-state index is 11.2. The highest BCUT2D eigenvalue weighted by Crippen LogP contribution is 2.22. The van der Waals surface area contributed by atoms with Crippen molar-refractivity contribution in [2.24, 2.45) is 11.7 Å². The molecule has 0 aromatic carbocycles. The molecule has 2 unspecified atom stereocenters. The van der Waals surface area contributed by atoms with Crippen LogP contribution in [-0.2, 0) is 9.53 Å². The molecule has 0 aromatic rings. The molecule has 0 radical (unpaired) electrons. The van der Waals surface area contributed by atoms with Crippen LogP contribution >= 0.6 is 0 Å². The lowest BCUT2D eigenvalue weighted by molar-refractivity contribution is -0.143. The molecule has 2 atom stereocenters. The third-order valence-electron chi connectivity index (χ3n) is 2.62. The molecule has 1 rings (SSSR count). The van der Waals surface area contributed by atoms with Crippen molar-refractivity contribution in [3.63, 3.8) is 0 Å². The van der Waals surface area contributed by atoms with Crippen LogP contribution in [0.5, 0.6) is 0 Å². The minimum atomic E-state index is -0.172. The molecule has 0 heterocycles. The maximum Gasteiger partial charge on any atom is 0.307 e. The average Bonchev–Trinajstić information content (AvgIpc) is 2.19. The van der Waals surface area contributed by atoms with E-state index in [1.54, 1.807) is 0 Å². The van der Waals surface area contributed by atoms with E-state index in [0.29, 0.717) is 18.9 Å². The van der Waals surface area contributed by atoms with Gasteiger partial charge in [0, 0.05) is 6.04 Å². The van der Waals surface area contributed by atoms with Crippen molar-refractivity contribution in [3.8, 4) is 0 Å². The van der Waals surface area contributed by atoms with Crippen LogP contribution in [0.4, 0.5) is 0 Å². The second-order valence-corrected chi connectivity index (χ2v) is 3.72. The Hall–Kier alpha value is -0.830. The van der Waals surface area contributed by atoms with Gasteiger partial charge in [0.25, 0.3) is 0 Å². The molecule has 2 N–H and O–H groups in total. The van der Waals surface area contributed by atoms with Gasteiger partial charge in [-0.2, -0.15) is 0 Å². The van der Waals surface area contributed by atoms with Gasteiger partial charge in [-0.3, -0.25) is 4.79 Å². The Labute approximate surface area is 85.3 Å². The fraction of sp³-hybridized carbons (Fsp3) is 0.727. The van der Waals surface area contributed by atoms with Gasteiger partial charge >= 0.3 is 5.97 Å². The molecule has 0 spiro atoms. The van der Waals surface area contributed by atoms with Gasteiger partial charge in [0.05, 0.1) is 13.0 Å². The number of hydrogen-bond acceptors (Lipinski definition) is 3. The third-order valence-corrected chi connectivity index (χ3v) is 2.62. The minimum Gasteiger partial charge on any atom is -0.466 e. The van der Waals surface area contributed by atoms with E-state index < -0.39 is 0 Å². The molecular formula is C11H19NO2. The molecule has 0 saturated heterocycles. The van der Waals surface area contributed by atoms with E-state index in [1.807, 2.05) is 6.92 Å². The zero-order chi connectivity index (χ0) is 10.4. The van der Waals surface area contributed by atoms with Gasteiger partial charge < -0.3 is 10.5 Å². The summed E-state index contributed by atoms with van der Waals surface area (Å²) in [6, 6.07) is -0.0426. The van der Waals surface area contributed by atoms with Crippen molar-refractivity contribution < 1.29 is 9.53 Å². The molecule has 80 valence electrons. The van der Waals surface area contributed by atoms with Gasteiger partial charge in [0.2, 0.25) is 0 Å². The number of nitrogens with two attached hydrogens (primary N) is 1. The van der Waals surface area contributed by atoms with Crippen LogP contribution in [0.1, 0.15) is 32.6 Å². The van der Waals surface area contributed by atoms with E-state index in [-0.39, 0.29) is 12.0 Å². The smallest absolute Gasteiger partial charge is 0.307 e. The van der Waals surface area contributed by atoms with E-state index in [2.05, 4.69) is 12.2 Å². The van der Waals surface area contributed by atoms with Gasteiger partial charge in [-0.05, 0) is 32.1 Å². The fourth-order valence-electron chi connectivity index (χ4n) is 1.78. The second kappa shape index (κ2) is 5.81. The van der Waals surface area contributed by atoms with Crippen LogP contribution in [-0.4, -0.2) is 18.6 Å². The number of carbonyl (C=O) groups is 1. The zero-order valence-electron chi connectivity index (χ0n) is 8.74. The van der Waals surface area contributed by atoms with E-state index in [1.165, 1.54) is 0 Å². The predicted octanol–water partition coefficient (Wildman–Crippen LogP) is 1.62. The van der Waals surface area contributed by atoms with E-state index >= 15 is 0 Å². The highest BCUT2D eigenvalue weighted by Gasteiger charge is 2.21. The number of rotatable bonds is 4. The first kappa shape index (κ1) is 11.2. The number of allylic oxidation sites excluding steroid dienone is 2. The molecule has 0 aliphatic heterocycles. The van der Waals surface area contributed by atoms with Crippen LogP contribution in [0.2, 0.25) is 0 Å². The van der Waals surface area contributed by atoms with Gasteiger partial charge in [0.1, 0.15) is 0 Å². The second-order valence-electron chi connectivity index (χ2n) is 3.72. The Balaban J connectivity index is 2.29. The van der Waals surface area contributed by atoms with Crippen molar-refractivity contribution in [1.82, 2.24) is 0 Å². The first-order valence-corrected chi connectivity index (χ1v) is 5.30. The molecule has 3 heteroatoms. The highest BCUT2D eigenvalue weighted by molar-refractivity contribution is 5.70. The molecule has 0 fully saturated rings. The molecular weight excluding hydrogens is 178 g/mol. The van der Waals surface area contributed by atoms with Gasteiger partial charge in [0.15, 0.2) is 0 Å². The largest absolute Gasteiger partial charge is 0.466 e. The number of hydrogen-bond donors (Lipinski definition) is 1. The van der Waals surface area contributed by atoms with E-state index in [0.717, 1.165) is 19.3 Å². The Morgan fingerprint density at radius 3 is 3.00 bits per heavy atom. The Morgan fingerprint density at radius 2 is 2.43 bits per heavy atom. The van der Waals surface area contributed by atoms with Crippen molar-refractivity contribution in [2.45, 2.75) is 38.6 Å². The fourth-order valence-corrected chi connectivity index (χ4v) is 1.78. The summed E-state index contributed by atoms with van der Waals surface area (Å²) in [6.07, 6.45) is 7.86. The highest BCUT2D eigenvalue weighted by atomic mass is 16.5. The predicted molar refractivity (Wildman–Crippen MR) is 55.7 cm³/mol. The van der Waals surface area contributed by atoms with Gasteiger partial charge in [-0.15, -0.1) is 0 Å². The first-order valence-electron chi connectivity index (χ1n) is 5.30. The molecule has 1 aliphatic rings. The van der Waals surface area contributed by atoms with Crippen LogP contribution in [0, 0.1) is 5.92 Å². The standard InChI is InChI=1S/C11H19NO2/c1-2-14-11(13)8-10(12)9-6-4-3-5-7-9/h3-4,9-10H,2,5-8,12H2,1H3. The van der Waals surface area contributed by atoms with Crippen LogP contribution in [0.15, 0.2) is 12.2 Å². The van der Waals surface area contributed by atoms with Crippen molar-refractivity contribution >= 4 is 5.97 Å². The lowest BCUT2D eigenvalue weighted by atomic mass is 9.87. The van der Waals surface area contributed by atoms with Crippen LogP contribution in [0.25, 0.3) is 0 Å². The topological polar surface area (TPSA) is 52.3 Å². The molecule has 3 nitrogen and oxygen atoms in total. The lowest BCUT2D eigenvalue weighted by Crippen LogP contribution is -2.33. The van der Waals surface area contributed by atoms with Crippen molar-refractivity contribution in [2.75, 3.05) is 6.61 Å². The van der Waals surface area contributed by atoms with Gasteiger partial charge in [-0.1, -0.05) is 12.2 Å². The van der Waals surface area contributed by atoms with Crippen molar-refractivity contribution in [3.05, 3.63) is 12.2 Å². The SMILES string of the molecule is CCOC(=O)CC(N)C1CC=CCC1. The number of ether oxygens (including phenoxy) is 1. The zero-order valence-corrected chi connectivity index (χ0v) is 8.74.